The summed E-state index contributed by atoms with van der Waals surface area (Å²) in [6, 6.07) is 0.751. The van der Waals surface area contributed by atoms with Gasteiger partial charge in [0.25, 0.3) is 0 Å². The second-order valence-electron chi connectivity index (χ2n) is 4.35. The fraction of sp³-hybridized carbons (Fsp3) is 0.750. The molecule has 0 aromatic carbocycles. The van der Waals surface area contributed by atoms with Gasteiger partial charge in [-0.3, -0.25) is 0 Å². The summed E-state index contributed by atoms with van der Waals surface area (Å²) in [4.78, 5) is 8.48. The Morgan fingerprint density at radius 3 is 2.62 bits per heavy atom. The summed E-state index contributed by atoms with van der Waals surface area (Å²) in [5.74, 6) is 0. The maximum absolute atomic E-state index is 5.76. The van der Waals surface area contributed by atoms with Gasteiger partial charge in [0.1, 0.15) is 0 Å². The molecule has 1 aliphatic carbocycles. The van der Waals surface area contributed by atoms with Crippen LogP contribution in [0.1, 0.15) is 43.7 Å². The minimum absolute atomic E-state index is 0.630. The predicted octanol–water partition coefficient (Wildman–Crippen LogP) is 2.54. The highest BCUT2D eigenvalue weighted by Gasteiger charge is 2.30. The lowest BCUT2D eigenvalue weighted by molar-refractivity contribution is 0.757. The van der Waals surface area contributed by atoms with Gasteiger partial charge in [-0.05, 0) is 25.7 Å². The molecule has 1 aromatic rings. The van der Waals surface area contributed by atoms with Crippen LogP contribution in [0.5, 0.6) is 0 Å². The Hall–Kier alpha value is -0.610. The summed E-state index contributed by atoms with van der Waals surface area (Å²) in [5, 5.41) is 1.20. The molecule has 0 amide bonds. The third-order valence-electron chi connectivity index (χ3n) is 2.99. The van der Waals surface area contributed by atoms with E-state index in [4.69, 9.17) is 10.7 Å². The number of aromatic nitrogens is 1. The van der Waals surface area contributed by atoms with Crippen molar-refractivity contribution in [3.8, 4) is 0 Å². The lowest BCUT2D eigenvalue weighted by Gasteiger charge is -2.20. The molecule has 0 unspecified atom stereocenters. The fourth-order valence-electron chi connectivity index (χ4n) is 1.99. The Morgan fingerprint density at radius 2 is 2.19 bits per heavy atom. The minimum atomic E-state index is 0.630. The Labute approximate surface area is 102 Å². The molecule has 0 bridgehead atoms. The molecule has 0 atom stereocenters. The number of anilines is 1. The Bertz CT molecular complexity index is 323. The van der Waals surface area contributed by atoms with Crippen LogP contribution in [0.15, 0.2) is 0 Å². The second kappa shape index (κ2) is 5.15. The summed E-state index contributed by atoms with van der Waals surface area (Å²) < 4.78 is 0. The number of hydrogen-bond acceptors (Lipinski definition) is 4. The normalized spacial score (nSPS) is 15.4. The number of thiazole rings is 1. The molecule has 4 heteroatoms. The van der Waals surface area contributed by atoms with Crippen molar-refractivity contribution >= 4 is 16.5 Å². The first-order chi connectivity index (χ1) is 7.80. The van der Waals surface area contributed by atoms with E-state index in [2.05, 4.69) is 18.7 Å². The molecule has 2 N–H and O–H groups in total. The van der Waals surface area contributed by atoms with Gasteiger partial charge in [-0.15, -0.1) is 11.3 Å². The van der Waals surface area contributed by atoms with Crippen molar-refractivity contribution in [2.24, 2.45) is 5.73 Å². The Kier molecular flexibility index (Phi) is 3.82. The Balaban J connectivity index is 2.19. The number of nitrogens with two attached hydrogens (primary N) is 1. The van der Waals surface area contributed by atoms with Crippen molar-refractivity contribution in [1.29, 1.82) is 0 Å². The SMILES string of the molecule is CCCN(c1nc(CC)c(CN)s1)C1CC1. The van der Waals surface area contributed by atoms with E-state index in [1.54, 1.807) is 11.3 Å². The monoisotopic (exact) mass is 239 g/mol. The van der Waals surface area contributed by atoms with E-state index in [-0.39, 0.29) is 0 Å². The molecule has 1 aliphatic rings. The number of aryl methyl sites for hydroxylation is 1. The van der Waals surface area contributed by atoms with Crippen molar-refractivity contribution in [1.82, 2.24) is 4.98 Å². The van der Waals surface area contributed by atoms with E-state index in [1.807, 2.05) is 0 Å². The number of rotatable bonds is 6. The first-order valence-electron chi connectivity index (χ1n) is 6.25. The van der Waals surface area contributed by atoms with Crippen LogP contribution in [0.2, 0.25) is 0 Å². The highest BCUT2D eigenvalue weighted by molar-refractivity contribution is 7.15. The van der Waals surface area contributed by atoms with E-state index in [9.17, 15) is 0 Å². The van der Waals surface area contributed by atoms with Crippen molar-refractivity contribution in [3.05, 3.63) is 10.6 Å². The van der Waals surface area contributed by atoms with Crippen LogP contribution in [-0.4, -0.2) is 17.6 Å². The quantitative estimate of drug-likeness (QED) is 0.829. The van der Waals surface area contributed by atoms with E-state index in [0.29, 0.717) is 6.54 Å². The zero-order valence-electron chi connectivity index (χ0n) is 10.2. The number of nitrogens with zero attached hydrogens (tertiary/aromatic N) is 2. The molecular formula is C12H21N3S. The van der Waals surface area contributed by atoms with Crippen LogP contribution >= 0.6 is 11.3 Å². The van der Waals surface area contributed by atoms with Crippen molar-refractivity contribution < 1.29 is 0 Å². The minimum Gasteiger partial charge on any atom is -0.345 e. The maximum atomic E-state index is 5.76. The molecule has 1 heterocycles. The fourth-order valence-corrected chi connectivity index (χ4v) is 3.11. The molecule has 1 fully saturated rings. The third-order valence-corrected chi connectivity index (χ3v) is 4.14. The van der Waals surface area contributed by atoms with Gasteiger partial charge in [-0.2, -0.15) is 0 Å². The molecule has 0 radical (unpaired) electrons. The molecule has 16 heavy (non-hydrogen) atoms. The molecule has 2 rings (SSSR count). The summed E-state index contributed by atoms with van der Waals surface area (Å²) in [5.41, 5.74) is 6.96. The van der Waals surface area contributed by atoms with Gasteiger partial charge in [-0.25, -0.2) is 4.98 Å². The summed E-state index contributed by atoms with van der Waals surface area (Å²) in [6.07, 6.45) is 4.85. The van der Waals surface area contributed by atoms with Crippen LogP contribution < -0.4 is 10.6 Å². The highest BCUT2D eigenvalue weighted by atomic mass is 32.1. The summed E-state index contributed by atoms with van der Waals surface area (Å²) >= 11 is 1.79. The van der Waals surface area contributed by atoms with Gasteiger partial charge >= 0.3 is 0 Å². The molecule has 0 spiro atoms. The topological polar surface area (TPSA) is 42.2 Å². The first kappa shape index (κ1) is 11.9. The lowest BCUT2D eigenvalue weighted by Crippen LogP contribution is -2.26. The number of hydrogen-bond donors (Lipinski definition) is 1. The first-order valence-corrected chi connectivity index (χ1v) is 7.07. The molecule has 3 nitrogen and oxygen atoms in total. The van der Waals surface area contributed by atoms with Crippen molar-refractivity contribution in [3.63, 3.8) is 0 Å². The van der Waals surface area contributed by atoms with E-state index >= 15 is 0 Å². The largest absolute Gasteiger partial charge is 0.345 e. The van der Waals surface area contributed by atoms with Gasteiger partial charge in [-0.1, -0.05) is 13.8 Å². The zero-order chi connectivity index (χ0) is 11.5. The van der Waals surface area contributed by atoms with Crippen LogP contribution in [0.3, 0.4) is 0 Å². The second-order valence-corrected chi connectivity index (χ2v) is 5.41. The molecule has 90 valence electrons. The standard InChI is InChI=1S/C12H21N3S/c1-3-7-15(9-5-6-9)12-14-10(4-2)11(8-13)16-12/h9H,3-8,13H2,1-2H3. The Morgan fingerprint density at radius 1 is 1.44 bits per heavy atom. The van der Waals surface area contributed by atoms with Crippen molar-refractivity contribution in [2.45, 2.75) is 52.1 Å². The van der Waals surface area contributed by atoms with Gasteiger partial charge in [0.15, 0.2) is 5.13 Å². The van der Waals surface area contributed by atoms with E-state index in [1.165, 1.54) is 35.0 Å². The molecule has 1 saturated carbocycles. The van der Waals surface area contributed by atoms with E-state index < -0.39 is 0 Å². The maximum Gasteiger partial charge on any atom is 0.186 e. The third kappa shape index (κ3) is 2.38. The average Bonchev–Trinajstić information content (AvgIpc) is 3.05. The van der Waals surface area contributed by atoms with Gasteiger partial charge < -0.3 is 10.6 Å². The summed E-state index contributed by atoms with van der Waals surface area (Å²) in [7, 11) is 0. The molecule has 1 aromatic heterocycles. The van der Waals surface area contributed by atoms with E-state index in [0.717, 1.165) is 19.0 Å². The van der Waals surface area contributed by atoms with Gasteiger partial charge in [0.2, 0.25) is 0 Å². The average molecular weight is 239 g/mol. The lowest BCUT2D eigenvalue weighted by atomic mass is 10.3. The smallest absolute Gasteiger partial charge is 0.186 e. The van der Waals surface area contributed by atoms with Gasteiger partial charge in [0.05, 0.1) is 5.69 Å². The van der Waals surface area contributed by atoms with Gasteiger partial charge in [0, 0.05) is 24.0 Å². The molecule has 0 saturated heterocycles. The van der Waals surface area contributed by atoms with Crippen LogP contribution in [0.4, 0.5) is 5.13 Å². The van der Waals surface area contributed by atoms with Crippen LogP contribution in [0, 0.1) is 0 Å². The summed E-state index contributed by atoms with van der Waals surface area (Å²) in [6.45, 7) is 6.14. The van der Waals surface area contributed by atoms with Crippen LogP contribution in [0.25, 0.3) is 0 Å². The molecule has 0 aliphatic heterocycles. The molecular weight excluding hydrogens is 218 g/mol. The predicted molar refractivity (Wildman–Crippen MR) is 70.0 cm³/mol. The highest BCUT2D eigenvalue weighted by Crippen LogP contribution is 2.35. The van der Waals surface area contributed by atoms with Crippen LogP contribution in [-0.2, 0) is 13.0 Å². The zero-order valence-corrected chi connectivity index (χ0v) is 11.0. The van der Waals surface area contributed by atoms with Crippen molar-refractivity contribution in [2.75, 3.05) is 11.4 Å².